The largest absolute Gasteiger partial charge is 0.497 e. The molecule has 0 amide bonds. The SMILES string of the molecule is CC1(C)c2ccccc2-c2ccc3c4ncccc4n(-c4c(F)c(F)c(F)c(F)c4F)c3c21.CC1(C)c2ccccc2-c2ccc3c4ncccc4n(-c4nc(-c5ccccc5)nc(-c5ccccc5)n4)c3c21.COc1cc(CO)cc(-c2ccnc3c2[nH]c2c4c(ccc23)-c2ccccc2C4(C)C)c1.[2H]c1c([2H])c([2H])c(-n2c3cccnc3c3ccc4c(c32)C(C)(C)c2ccccc2-4)c([2H])c1[2H]. The van der Waals surface area contributed by atoms with Crippen LogP contribution in [0.3, 0.4) is 0 Å². The van der Waals surface area contributed by atoms with Crippen LogP contribution in [0, 0.1) is 29.1 Å². The van der Waals surface area contributed by atoms with E-state index in [1.165, 1.54) is 56.3 Å². The van der Waals surface area contributed by atoms with Gasteiger partial charge < -0.3 is 24.0 Å². The monoisotopic (exact) mass is 1750 g/mol. The molecular formula is C115H84F5N11O2. The summed E-state index contributed by atoms with van der Waals surface area (Å²) in [6, 6.07) is 87.7. The minimum absolute atomic E-state index is 0.0366. The van der Waals surface area contributed by atoms with Crippen molar-refractivity contribution in [2.75, 3.05) is 7.11 Å². The summed E-state index contributed by atoms with van der Waals surface area (Å²) < 4.78 is 125. The highest BCUT2D eigenvalue weighted by Gasteiger charge is 2.44. The number of aliphatic hydroxyl groups is 1. The molecule has 0 bridgehead atoms. The van der Waals surface area contributed by atoms with Gasteiger partial charge in [0.05, 0.1) is 86.8 Å². The molecule has 0 saturated carbocycles. The fourth-order valence-corrected chi connectivity index (χ4v) is 21.6. The fourth-order valence-electron chi connectivity index (χ4n) is 21.6. The number of para-hydroxylation sites is 1. The Bertz CT molecular complexity index is 8590. The number of halogens is 5. The molecule has 13 aromatic carbocycles. The third-order valence-corrected chi connectivity index (χ3v) is 27.5. The van der Waals surface area contributed by atoms with E-state index in [4.69, 9.17) is 36.5 Å². The highest BCUT2D eigenvalue weighted by atomic mass is 19.2. The molecule has 133 heavy (non-hydrogen) atoms. The van der Waals surface area contributed by atoms with E-state index in [0.29, 0.717) is 39.5 Å². The van der Waals surface area contributed by atoms with Crippen LogP contribution in [0.4, 0.5) is 22.0 Å². The summed E-state index contributed by atoms with van der Waals surface area (Å²) in [6.07, 6.45) is 6.96. The number of hydrogen-bond acceptors (Lipinski definition) is 9. The van der Waals surface area contributed by atoms with E-state index in [1.807, 2.05) is 182 Å². The van der Waals surface area contributed by atoms with Crippen molar-refractivity contribution in [1.29, 1.82) is 0 Å². The predicted octanol–water partition coefficient (Wildman–Crippen LogP) is 27.9. The number of benzene rings is 13. The summed E-state index contributed by atoms with van der Waals surface area (Å²) >= 11 is 0. The summed E-state index contributed by atoms with van der Waals surface area (Å²) in [6.45, 7) is 17.5. The highest BCUT2D eigenvalue weighted by molar-refractivity contribution is 6.16. The van der Waals surface area contributed by atoms with Gasteiger partial charge in [-0.05, 0) is 197 Å². The van der Waals surface area contributed by atoms with Gasteiger partial charge in [0.25, 0.3) is 0 Å². The van der Waals surface area contributed by atoms with Gasteiger partial charge in [-0.15, -0.1) is 0 Å². The molecule has 2 N–H and O–H groups in total. The first-order valence-electron chi connectivity index (χ1n) is 46.5. The predicted molar refractivity (Wildman–Crippen MR) is 522 cm³/mol. The van der Waals surface area contributed by atoms with Crippen molar-refractivity contribution in [3.63, 3.8) is 0 Å². The molecule has 0 fully saturated rings. The summed E-state index contributed by atoms with van der Waals surface area (Å²) in [5, 5.41) is 13.4. The van der Waals surface area contributed by atoms with Gasteiger partial charge in [-0.3, -0.25) is 24.5 Å². The molecule has 9 aromatic heterocycles. The molecule has 18 heteroatoms. The highest BCUT2D eigenvalue weighted by Crippen LogP contribution is 2.58. The minimum Gasteiger partial charge on any atom is -0.497 e. The zero-order valence-corrected chi connectivity index (χ0v) is 73.6. The Morgan fingerprint density at radius 1 is 0.346 bits per heavy atom. The van der Waals surface area contributed by atoms with Crippen molar-refractivity contribution >= 4 is 87.7 Å². The third kappa shape index (κ3) is 12.3. The lowest BCUT2D eigenvalue weighted by Crippen LogP contribution is -2.17. The van der Waals surface area contributed by atoms with Crippen molar-refractivity contribution in [3.8, 4) is 101 Å². The fraction of sp³-hybridized carbons (Fsp3) is 0.122. The van der Waals surface area contributed by atoms with Crippen molar-refractivity contribution in [2.45, 2.75) is 83.7 Å². The number of H-pyrrole nitrogens is 1. The number of aromatic amines is 1. The minimum atomic E-state index is -2.19. The van der Waals surface area contributed by atoms with E-state index in [2.05, 4.69) is 158 Å². The van der Waals surface area contributed by atoms with Gasteiger partial charge in [0.1, 0.15) is 11.4 Å². The Balaban J connectivity index is 0.000000103. The van der Waals surface area contributed by atoms with Gasteiger partial charge in [-0.25, -0.2) is 26.9 Å². The summed E-state index contributed by atoms with van der Waals surface area (Å²) in [5.74, 6) is -7.36. The zero-order chi connectivity index (χ0) is 95.3. The Labute approximate surface area is 768 Å². The number of hydrogen-bond donors (Lipinski definition) is 2. The molecule has 22 aromatic rings. The maximum absolute atomic E-state index is 15.1. The third-order valence-electron chi connectivity index (χ3n) is 27.5. The molecule has 13 nitrogen and oxygen atoms in total. The number of rotatable bonds is 8. The molecule has 0 aliphatic heterocycles. The van der Waals surface area contributed by atoms with Crippen LogP contribution in [0.2, 0.25) is 0 Å². The van der Waals surface area contributed by atoms with Crippen LogP contribution in [0.5, 0.6) is 5.75 Å². The Hall–Kier alpha value is -15.9. The number of ether oxygens (including phenoxy) is 1. The smallest absolute Gasteiger partial charge is 0.238 e. The Morgan fingerprint density at radius 2 is 0.737 bits per heavy atom. The van der Waals surface area contributed by atoms with E-state index in [-0.39, 0.29) is 58.2 Å². The molecule has 4 aliphatic rings. The summed E-state index contributed by atoms with van der Waals surface area (Å²) in [5.41, 5.74) is 30.5. The second-order valence-corrected chi connectivity index (χ2v) is 36.2. The van der Waals surface area contributed by atoms with E-state index in [1.54, 1.807) is 31.5 Å². The molecule has 4 aliphatic carbocycles. The zero-order valence-electron chi connectivity index (χ0n) is 78.6. The number of aromatic nitrogens is 11. The molecule has 26 rings (SSSR count). The van der Waals surface area contributed by atoms with E-state index in [0.717, 1.165) is 137 Å². The second kappa shape index (κ2) is 30.6. The first-order valence-corrected chi connectivity index (χ1v) is 44.0. The quantitative estimate of drug-likeness (QED) is 0.0861. The van der Waals surface area contributed by atoms with Gasteiger partial charge in [0.2, 0.25) is 11.8 Å². The standard InChI is InChI=1S/C35H25N5.C28H24N2O2.C26H15F5N2.C26H20N2/c1-35(2)27-17-10-9-16-24(27)25-19-20-26-30-28(18-11-21-36-30)40(31(26)29(25)35)34-38-32(22-12-5-3-6-13-22)37-33(39-34)23-14-7-4-8-15-23;1-28(2)23-7-5-4-6-20(23)21-8-9-22-25(24(21)28)30-27-19(10-11-29-26(22)27)17-12-16(15-31)13-18(14-17)32-3;1-26(2)15-7-4-3-6-12(15)13-9-10-14-23-16(8-5-11-32-23)33(24(14)17(13)26)25-21(30)19(28)18(27)20(29)22(25)31;1-26(2)21-12-7-6-11-18(21)19-14-15-20-24-22(13-8-16-27-24)28(25(20)23(19)26)17-9-4-3-5-10-17/h3-21H,1-2H3;4-14,30-31H,15H2,1-3H3;3-11H,1-2H3;3-16H,1-2H3/i;;;3D,4D,5D,9D,10D. The molecule has 0 radical (unpaired) electrons. The molecular weight excluding hydrogens is 1660 g/mol. The van der Waals surface area contributed by atoms with E-state index in [9.17, 15) is 18.3 Å². The lowest BCUT2D eigenvalue weighted by atomic mass is 9.81. The first-order chi connectivity index (χ1) is 66.6. The van der Waals surface area contributed by atoms with Crippen LogP contribution in [0.1, 0.15) is 112 Å². The van der Waals surface area contributed by atoms with Gasteiger partial charge in [0.15, 0.2) is 34.9 Å². The summed E-state index contributed by atoms with van der Waals surface area (Å²) in [7, 11) is 1.65. The average Bonchev–Trinajstić information content (AvgIpc) is 1.54. The lowest BCUT2D eigenvalue weighted by molar-refractivity contribution is 0.281. The molecule has 0 unspecified atom stereocenters. The molecule has 0 atom stereocenters. The Morgan fingerprint density at radius 3 is 1.20 bits per heavy atom. The maximum Gasteiger partial charge on any atom is 0.238 e. The molecule has 646 valence electrons. The van der Waals surface area contributed by atoms with Crippen LogP contribution in [0.25, 0.3) is 183 Å². The van der Waals surface area contributed by atoms with Gasteiger partial charge in [0, 0.05) is 90.4 Å². The van der Waals surface area contributed by atoms with Crippen LogP contribution in [0.15, 0.2) is 322 Å². The van der Waals surface area contributed by atoms with Gasteiger partial charge >= 0.3 is 0 Å². The van der Waals surface area contributed by atoms with Crippen LogP contribution < -0.4 is 4.74 Å². The maximum atomic E-state index is 15.1. The van der Waals surface area contributed by atoms with Crippen molar-refractivity contribution in [1.82, 2.24) is 53.6 Å². The topological polar surface area (TPSA) is 150 Å². The first kappa shape index (κ1) is 76.0. The van der Waals surface area contributed by atoms with Crippen LogP contribution in [-0.4, -0.2) is 65.8 Å². The molecule has 9 heterocycles. The molecule has 0 spiro atoms. The number of fused-ring (bicyclic) bond motifs is 28. The van der Waals surface area contributed by atoms with Gasteiger partial charge in [-0.1, -0.05) is 256 Å². The Kier molecular flexibility index (Phi) is 17.5. The van der Waals surface area contributed by atoms with Gasteiger partial charge in [-0.2, -0.15) is 9.97 Å². The second-order valence-electron chi connectivity index (χ2n) is 36.2. The van der Waals surface area contributed by atoms with Crippen LogP contribution >= 0.6 is 0 Å². The normalized spacial score (nSPS) is 14.5. The van der Waals surface area contributed by atoms with E-state index < -0.39 is 46.2 Å². The van der Waals surface area contributed by atoms with Crippen molar-refractivity contribution in [3.05, 3.63) is 401 Å². The average molecular weight is 1750 g/mol. The number of methoxy groups -OCH3 is 1. The van der Waals surface area contributed by atoms with Crippen molar-refractivity contribution < 1.29 is 38.6 Å². The van der Waals surface area contributed by atoms with Crippen LogP contribution in [-0.2, 0) is 28.3 Å². The number of nitrogens with one attached hydrogen (secondary N) is 1. The number of pyridine rings is 4. The number of aliphatic hydroxyl groups excluding tert-OH is 1. The summed E-state index contributed by atoms with van der Waals surface area (Å²) in [4.78, 5) is 37.5. The van der Waals surface area contributed by atoms with E-state index >= 15 is 8.78 Å². The number of nitrogens with zero attached hydrogens (tertiary/aromatic N) is 10. The molecule has 0 saturated heterocycles. The van der Waals surface area contributed by atoms with Crippen molar-refractivity contribution in [2.24, 2.45) is 0 Å². The lowest BCUT2D eigenvalue weighted by Gasteiger charge is -2.24.